The van der Waals surface area contributed by atoms with E-state index in [2.05, 4.69) is 10.6 Å². The molecule has 1 aliphatic rings. The van der Waals surface area contributed by atoms with Crippen molar-refractivity contribution in [2.24, 2.45) is 0 Å². The van der Waals surface area contributed by atoms with Crippen LogP contribution in [-0.2, 0) is 16.1 Å². The summed E-state index contributed by atoms with van der Waals surface area (Å²) in [7, 11) is 0. The molecule has 112 valence electrons. The van der Waals surface area contributed by atoms with Crippen molar-refractivity contribution in [3.8, 4) is 0 Å². The first kappa shape index (κ1) is 14.5. The predicted octanol–water partition coefficient (Wildman–Crippen LogP) is 2.83. The zero-order chi connectivity index (χ0) is 15.5. The summed E-state index contributed by atoms with van der Waals surface area (Å²) in [6, 6.07) is 11.1. The number of carbonyl (C=O) groups excluding carboxylic acids is 2. The van der Waals surface area contributed by atoms with Crippen molar-refractivity contribution in [2.75, 3.05) is 5.32 Å². The maximum Gasteiger partial charge on any atom is 0.262 e. The molecule has 0 spiro atoms. The third-order valence-electron chi connectivity index (χ3n) is 3.07. The Morgan fingerprint density at radius 2 is 2.14 bits per heavy atom. The van der Waals surface area contributed by atoms with Crippen molar-refractivity contribution in [3.05, 3.63) is 58.9 Å². The van der Waals surface area contributed by atoms with Crippen LogP contribution in [0.25, 0.3) is 0 Å². The van der Waals surface area contributed by atoms with E-state index in [0.29, 0.717) is 17.2 Å². The molecule has 1 aliphatic heterocycles. The van der Waals surface area contributed by atoms with Crippen LogP contribution in [-0.4, -0.2) is 11.8 Å². The van der Waals surface area contributed by atoms with E-state index >= 15 is 0 Å². The predicted molar refractivity (Wildman–Crippen MR) is 84.3 cm³/mol. The molecule has 3 rings (SSSR count). The van der Waals surface area contributed by atoms with E-state index in [9.17, 15) is 9.59 Å². The van der Waals surface area contributed by atoms with Crippen molar-refractivity contribution < 1.29 is 14.0 Å². The molecule has 0 saturated heterocycles. The lowest BCUT2D eigenvalue weighted by Crippen LogP contribution is -2.23. The van der Waals surface area contributed by atoms with Crippen LogP contribution in [0, 0.1) is 6.92 Å². The second-order valence-electron chi connectivity index (χ2n) is 4.79. The van der Waals surface area contributed by atoms with Gasteiger partial charge in [-0.2, -0.15) is 0 Å². The van der Waals surface area contributed by atoms with Crippen LogP contribution in [0.1, 0.15) is 11.5 Å². The summed E-state index contributed by atoms with van der Waals surface area (Å²) in [5, 5.41) is 5.47. The summed E-state index contributed by atoms with van der Waals surface area (Å²) in [5.41, 5.74) is 0.765. The van der Waals surface area contributed by atoms with Gasteiger partial charge in [-0.05, 0) is 31.2 Å². The van der Waals surface area contributed by atoms with Crippen molar-refractivity contribution in [1.29, 1.82) is 0 Å². The topological polar surface area (TPSA) is 71.3 Å². The molecular weight excluding hydrogens is 300 g/mol. The molecule has 0 unspecified atom stereocenters. The van der Waals surface area contributed by atoms with Crippen LogP contribution in [0.2, 0.25) is 0 Å². The van der Waals surface area contributed by atoms with Gasteiger partial charge in [-0.25, -0.2) is 0 Å². The number of nitrogens with one attached hydrogen (secondary N) is 2. The van der Waals surface area contributed by atoms with Gasteiger partial charge in [0.25, 0.3) is 5.91 Å². The van der Waals surface area contributed by atoms with E-state index in [4.69, 9.17) is 4.42 Å². The maximum atomic E-state index is 12.0. The number of furan rings is 1. The van der Waals surface area contributed by atoms with Crippen LogP contribution in [0.15, 0.2) is 56.7 Å². The highest BCUT2D eigenvalue weighted by atomic mass is 32.2. The number of aryl methyl sites for hydroxylation is 1. The normalized spacial score (nSPS) is 15.3. The summed E-state index contributed by atoms with van der Waals surface area (Å²) >= 11 is 1.28. The Balaban J connectivity index is 1.67. The van der Waals surface area contributed by atoms with Gasteiger partial charge in [0.1, 0.15) is 11.5 Å². The van der Waals surface area contributed by atoms with Crippen molar-refractivity contribution in [3.63, 3.8) is 0 Å². The number of anilines is 1. The molecule has 2 amide bonds. The van der Waals surface area contributed by atoms with Gasteiger partial charge in [-0.15, -0.1) is 0 Å². The summed E-state index contributed by atoms with van der Waals surface area (Å²) in [6.07, 6.45) is 1.31. The lowest BCUT2D eigenvalue weighted by Gasteiger charge is -2.17. The average molecular weight is 314 g/mol. The highest BCUT2D eigenvalue weighted by Gasteiger charge is 2.21. The minimum atomic E-state index is -0.328. The first-order valence-electron chi connectivity index (χ1n) is 6.75. The monoisotopic (exact) mass is 314 g/mol. The molecule has 1 aromatic heterocycles. The second-order valence-corrected chi connectivity index (χ2v) is 5.87. The smallest absolute Gasteiger partial charge is 0.262 e. The number of benzene rings is 1. The minimum absolute atomic E-state index is 0.271. The Labute approximate surface area is 131 Å². The van der Waals surface area contributed by atoms with Gasteiger partial charge >= 0.3 is 0 Å². The van der Waals surface area contributed by atoms with Crippen LogP contribution in [0.3, 0.4) is 0 Å². The molecule has 6 heteroatoms. The SMILES string of the molecule is Cc1ccc(CNC(=O)/C=C2/Sc3ccccc3NC2=O)o1. The number of hydrogen-bond donors (Lipinski definition) is 2. The standard InChI is InChI=1S/C16H14N2O3S/c1-10-6-7-11(21-10)9-17-15(19)8-14-16(20)18-12-4-2-3-5-13(12)22-14/h2-8H,9H2,1H3,(H,17,19)(H,18,20)/b14-8+. The molecular formula is C16H14N2O3S. The average Bonchev–Trinajstić information content (AvgIpc) is 2.91. The Morgan fingerprint density at radius 3 is 2.91 bits per heavy atom. The summed E-state index contributed by atoms with van der Waals surface area (Å²) in [4.78, 5) is 25.2. The lowest BCUT2D eigenvalue weighted by molar-refractivity contribution is -0.117. The number of amides is 2. The molecule has 0 atom stereocenters. The van der Waals surface area contributed by atoms with E-state index < -0.39 is 0 Å². The van der Waals surface area contributed by atoms with Crippen molar-refractivity contribution >= 4 is 29.3 Å². The fourth-order valence-corrected chi connectivity index (χ4v) is 2.95. The summed E-state index contributed by atoms with van der Waals surface area (Å²) < 4.78 is 5.37. The van der Waals surface area contributed by atoms with E-state index in [1.54, 1.807) is 6.07 Å². The number of rotatable bonds is 3. The molecule has 0 aliphatic carbocycles. The van der Waals surface area contributed by atoms with Crippen molar-refractivity contribution in [2.45, 2.75) is 18.4 Å². The van der Waals surface area contributed by atoms with Gasteiger partial charge in [0.15, 0.2) is 0 Å². The summed E-state index contributed by atoms with van der Waals surface area (Å²) in [6.45, 7) is 2.13. The lowest BCUT2D eigenvalue weighted by atomic mass is 10.3. The van der Waals surface area contributed by atoms with E-state index in [1.807, 2.05) is 37.3 Å². The minimum Gasteiger partial charge on any atom is -0.465 e. The molecule has 2 heterocycles. The van der Waals surface area contributed by atoms with Gasteiger partial charge in [0.2, 0.25) is 5.91 Å². The second kappa shape index (κ2) is 6.11. The van der Waals surface area contributed by atoms with E-state index in [-0.39, 0.29) is 11.8 Å². The van der Waals surface area contributed by atoms with Gasteiger partial charge in [-0.1, -0.05) is 23.9 Å². The molecule has 0 bridgehead atoms. The van der Waals surface area contributed by atoms with Gasteiger partial charge in [-0.3, -0.25) is 9.59 Å². The Bertz CT molecular complexity index is 764. The number of thioether (sulfide) groups is 1. The number of para-hydroxylation sites is 1. The fourth-order valence-electron chi connectivity index (χ4n) is 2.03. The molecule has 2 aromatic rings. The number of hydrogen-bond acceptors (Lipinski definition) is 4. The fraction of sp³-hybridized carbons (Fsp3) is 0.125. The molecule has 5 nitrogen and oxygen atoms in total. The van der Waals surface area contributed by atoms with E-state index in [1.165, 1.54) is 17.8 Å². The number of carbonyl (C=O) groups is 2. The van der Waals surface area contributed by atoms with Crippen LogP contribution in [0.4, 0.5) is 5.69 Å². The largest absolute Gasteiger partial charge is 0.465 e. The maximum absolute atomic E-state index is 12.0. The van der Waals surface area contributed by atoms with Crippen molar-refractivity contribution in [1.82, 2.24) is 5.32 Å². The zero-order valence-electron chi connectivity index (χ0n) is 11.9. The molecule has 0 radical (unpaired) electrons. The first-order valence-corrected chi connectivity index (χ1v) is 7.56. The Kier molecular flexibility index (Phi) is 4.02. The molecule has 0 saturated carbocycles. The Hall–Kier alpha value is -2.47. The van der Waals surface area contributed by atoms with Gasteiger partial charge < -0.3 is 15.1 Å². The number of fused-ring (bicyclic) bond motifs is 1. The zero-order valence-corrected chi connectivity index (χ0v) is 12.7. The highest BCUT2D eigenvalue weighted by molar-refractivity contribution is 8.04. The first-order chi connectivity index (χ1) is 10.6. The quantitative estimate of drug-likeness (QED) is 0.855. The van der Waals surface area contributed by atoms with Crippen LogP contribution in [0.5, 0.6) is 0 Å². The van der Waals surface area contributed by atoms with Crippen LogP contribution < -0.4 is 10.6 Å². The van der Waals surface area contributed by atoms with Crippen LogP contribution >= 0.6 is 11.8 Å². The Morgan fingerprint density at radius 1 is 1.32 bits per heavy atom. The third-order valence-corrected chi connectivity index (χ3v) is 4.17. The van der Waals surface area contributed by atoms with E-state index in [0.717, 1.165) is 16.3 Å². The van der Waals surface area contributed by atoms with Gasteiger partial charge in [0.05, 0.1) is 17.1 Å². The molecule has 1 aromatic carbocycles. The molecule has 2 N–H and O–H groups in total. The molecule has 0 fully saturated rings. The summed E-state index contributed by atoms with van der Waals surface area (Å²) in [5.74, 6) is 0.871. The molecule has 22 heavy (non-hydrogen) atoms. The third kappa shape index (κ3) is 3.23. The van der Waals surface area contributed by atoms with Gasteiger partial charge in [0, 0.05) is 11.0 Å². The highest BCUT2D eigenvalue weighted by Crippen LogP contribution is 2.37.